The molecule has 0 bridgehead atoms. The smallest absolute Gasteiger partial charge is 0.224 e. The third kappa shape index (κ3) is 3.74. The van der Waals surface area contributed by atoms with Crippen LogP contribution < -0.4 is 0 Å². The number of ether oxygens (including phenoxy) is 1. The molecule has 5 heteroatoms. The van der Waals surface area contributed by atoms with Gasteiger partial charge in [0.1, 0.15) is 6.33 Å². The van der Waals surface area contributed by atoms with Crippen molar-refractivity contribution >= 4 is 11.6 Å². The van der Waals surface area contributed by atoms with Gasteiger partial charge in [0.2, 0.25) is 5.28 Å². The monoisotopic (exact) mass is 203 g/mol. The highest BCUT2D eigenvalue weighted by Gasteiger charge is 1.98. The molecule has 1 heterocycles. The number of halogens is 1. The maximum atomic E-state index is 5.73. The molecule has 0 saturated carbocycles. The van der Waals surface area contributed by atoms with E-state index in [1.807, 2.05) is 0 Å². The molecule has 0 radical (unpaired) electrons. The molecule has 0 aliphatic rings. The predicted molar refractivity (Wildman–Crippen MR) is 50.8 cm³/mol. The number of aromatic nitrogens is 3. The SMILES string of the molecule is CCCOCCCn1cnnc1Cl. The second kappa shape index (κ2) is 5.94. The average molecular weight is 204 g/mol. The molecular formula is C8H14ClN3O. The van der Waals surface area contributed by atoms with Crippen LogP contribution in [0.4, 0.5) is 0 Å². The van der Waals surface area contributed by atoms with Gasteiger partial charge in [-0.2, -0.15) is 0 Å². The molecule has 0 unspecified atom stereocenters. The molecule has 4 nitrogen and oxygen atoms in total. The minimum atomic E-state index is 0.440. The Morgan fingerprint density at radius 2 is 2.38 bits per heavy atom. The summed E-state index contributed by atoms with van der Waals surface area (Å²) in [6, 6.07) is 0. The zero-order valence-electron chi connectivity index (χ0n) is 7.74. The number of hydrogen-bond acceptors (Lipinski definition) is 3. The van der Waals surface area contributed by atoms with E-state index in [9.17, 15) is 0 Å². The molecule has 0 amide bonds. The van der Waals surface area contributed by atoms with Gasteiger partial charge in [-0.15, -0.1) is 10.2 Å². The van der Waals surface area contributed by atoms with Gasteiger partial charge < -0.3 is 9.30 Å². The average Bonchev–Trinajstić information content (AvgIpc) is 2.52. The van der Waals surface area contributed by atoms with Crippen LogP contribution in [0.25, 0.3) is 0 Å². The van der Waals surface area contributed by atoms with E-state index in [2.05, 4.69) is 17.1 Å². The van der Waals surface area contributed by atoms with Gasteiger partial charge in [0.15, 0.2) is 0 Å². The van der Waals surface area contributed by atoms with Crippen LogP contribution in [0.2, 0.25) is 5.28 Å². The Bertz CT molecular complexity index is 239. The molecule has 0 spiro atoms. The van der Waals surface area contributed by atoms with Crippen molar-refractivity contribution in [3.8, 4) is 0 Å². The van der Waals surface area contributed by atoms with Gasteiger partial charge in [0.05, 0.1) is 0 Å². The Morgan fingerprint density at radius 3 is 3.00 bits per heavy atom. The summed E-state index contributed by atoms with van der Waals surface area (Å²) in [5.74, 6) is 0. The van der Waals surface area contributed by atoms with Crippen molar-refractivity contribution in [2.24, 2.45) is 0 Å². The highest BCUT2D eigenvalue weighted by atomic mass is 35.5. The van der Waals surface area contributed by atoms with E-state index in [0.29, 0.717) is 5.28 Å². The Hall–Kier alpha value is -0.610. The molecular weight excluding hydrogens is 190 g/mol. The first kappa shape index (κ1) is 10.5. The Labute approximate surface area is 82.9 Å². The second-order valence-electron chi connectivity index (χ2n) is 2.76. The summed E-state index contributed by atoms with van der Waals surface area (Å²) < 4.78 is 7.13. The maximum Gasteiger partial charge on any atom is 0.224 e. The summed E-state index contributed by atoms with van der Waals surface area (Å²) in [6.45, 7) is 4.50. The third-order valence-electron chi connectivity index (χ3n) is 1.60. The second-order valence-corrected chi connectivity index (χ2v) is 3.10. The Morgan fingerprint density at radius 1 is 1.54 bits per heavy atom. The van der Waals surface area contributed by atoms with Gasteiger partial charge in [0, 0.05) is 19.8 Å². The van der Waals surface area contributed by atoms with Crippen molar-refractivity contribution in [1.82, 2.24) is 14.8 Å². The van der Waals surface area contributed by atoms with E-state index in [1.54, 1.807) is 10.9 Å². The van der Waals surface area contributed by atoms with Gasteiger partial charge in [-0.25, -0.2) is 0 Å². The molecule has 0 saturated heterocycles. The lowest BCUT2D eigenvalue weighted by Crippen LogP contribution is -2.02. The van der Waals surface area contributed by atoms with E-state index >= 15 is 0 Å². The van der Waals surface area contributed by atoms with Crippen LogP contribution in [0.5, 0.6) is 0 Å². The van der Waals surface area contributed by atoms with Gasteiger partial charge >= 0.3 is 0 Å². The van der Waals surface area contributed by atoms with Gasteiger partial charge in [-0.3, -0.25) is 0 Å². The third-order valence-corrected chi connectivity index (χ3v) is 1.90. The molecule has 13 heavy (non-hydrogen) atoms. The first-order chi connectivity index (χ1) is 6.34. The topological polar surface area (TPSA) is 39.9 Å². The van der Waals surface area contributed by atoms with E-state index in [4.69, 9.17) is 16.3 Å². The van der Waals surface area contributed by atoms with Crippen molar-refractivity contribution in [1.29, 1.82) is 0 Å². The van der Waals surface area contributed by atoms with Gasteiger partial charge in [0.25, 0.3) is 0 Å². The van der Waals surface area contributed by atoms with Gasteiger partial charge in [-0.05, 0) is 24.4 Å². The number of aryl methyl sites for hydroxylation is 1. The number of nitrogens with zero attached hydrogens (tertiary/aromatic N) is 3. The normalized spacial score (nSPS) is 10.6. The molecule has 1 aromatic rings. The molecule has 0 aliphatic heterocycles. The number of hydrogen-bond donors (Lipinski definition) is 0. The minimum absolute atomic E-state index is 0.440. The van der Waals surface area contributed by atoms with Crippen LogP contribution in [-0.2, 0) is 11.3 Å². The summed E-state index contributed by atoms with van der Waals surface area (Å²) in [7, 11) is 0. The molecule has 0 fully saturated rings. The van der Waals surface area contributed by atoms with Crippen molar-refractivity contribution in [3.63, 3.8) is 0 Å². The molecule has 0 atom stereocenters. The quantitative estimate of drug-likeness (QED) is 0.662. The first-order valence-corrected chi connectivity index (χ1v) is 4.83. The van der Waals surface area contributed by atoms with Crippen LogP contribution in [0.3, 0.4) is 0 Å². The summed E-state index contributed by atoms with van der Waals surface area (Å²) in [4.78, 5) is 0. The fourth-order valence-electron chi connectivity index (χ4n) is 0.974. The van der Waals surface area contributed by atoms with Crippen molar-refractivity contribution in [2.75, 3.05) is 13.2 Å². The van der Waals surface area contributed by atoms with E-state index in [-0.39, 0.29) is 0 Å². The zero-order chi connectivity index (χ0) is 9.52. The highest BCUT2D eigenvalue weighted by Crippen LogP contribution is 2.03. The Balaban J connectivity index is 2.10. The lowest BCUT2D eigenvalue weighted by Gasteiger charge is -2.03. The van der Waals surface area contributed by atoms with Crippen LogP contribution in [-0.4, -0.2) is 28.0 Å². The van der Waals surface area contributed by atoms with Crippen molar-refractivity contribution < 1.29 is 4.74 Å². The molecule has 1 aromatic heterocycles. The fourth-order valence-corrected chi connectivity index (χ4v) is 1.15. The van der Waals surface area contributed by atoms with E-state index in [1.165, 1.54) is 0 Å². The standard InChI is InChI=1S/C8H14ClN3O/c1-2-5-13-6-3-4-12-7-10-11-8(12)9/h7H,2-6H2,1H3. The molecule has 1 rings (SSSR count). The lowest BCUT2D eigenvalue weighted by atomic mass is 10.4. The summed E-state index contributed by atoms with van der Waals surface area (Å²) in [6.07, 6.45) is 3.63. The van der Waals surface area contributed by atoms with E-state index in [0.717, 1.165) is 32.6 Å². The summed E-state index contributed by atoms with van der Waals surface area (Å²) in [5, 5.41) is 7.79. The summed E-state index contributed by atoms with van der Waals surface area (Å²) >= 11 is 5.73. The minimum Gasteiger partial charge on any atom is -0.381 e. The molecule has 0 aliphatic carbocycles. The highest BCUT2D eigenvalue weighted by molar-refractivity contribution is 6.28. The summed E-state index contributed by atoms with van der Waals surface area (Å²) in [5.41, 5.74) is 0. The lowest BCUT2D eigenvalue weighted by molar-refractivity contribution is 0.129. The molecule has 74 valence electrons. The van der Waals surface area contributed by atoms with Crippen LogP contribution in [0.15, 0.2) is 6.33 Å². The first-order valence-electron chi connectivity index (χ1n) is 4.45. The van der Waals surface area contributed by atoms with Crippen molar-refractivity contribution in [3.05, 3.63) is 11.6 Å². The fraction of sp³-hybridized carbons (Fsp3) is 0.750. The van der Waals surface area contributed by atoms with Crippen molar-refractivity contribution in [2.45, 2.75) is 26.3 Å². The largest absolute Gasteiger partial charge is 0.381 e. The van der Waals surface area contributed by atoms with Crippen LogP contribution in [0.1, 0.15) is 19.8 Å². The Kier molecular flexibility index (Phi) is 4.78. The number of rotatable bonds is 6. The molecule has 0 aromatic carbocycles. The van der Waals surface area contributed by atoms with Crippen LogP contribution >= 0.6 is 11.6 Å². The zero-order valence-corrected chi connectivity index (χ0v) is 8.50. The van der Waals surface area contributed by atoms with Gasteiger partial charge in [-0.1, -0.05) is 6.92 Å². The molecule has 0 N–H and O–H groups in total. The predicted octanol–water partition coefficient (Wildman–Crippen LogP) is 1.75. The maximum absolute atomic E-state index is 5.73. The van der Waals surface area contributed by atoms with Crippen LogP contribution in [0, 0.1) is 0 Å². The van der Waals surface area contributed by atoms with E-state index < -0.39 is 0 Å².